The van der Waals surface area contributed by atoms with Crippen LogP contribution in [-0.4, -0.2) is 0 Å². The van der Waals surface area contributed by atoms with Crippen molar-refractivity contribution in [3.63, 3.8) is 0 Å². The van der Waals surface area contributed by atoms with Crippen LogP contribution < -0.4 is 0 Å². The summed E-state index contributed by atoms with van der Waals surface area (Å²) in [5.41, 5.74) is 9.62. The Morgan fingerprint density at radius 2 is 1.69 bits per heavy atom. The van der Waals surface area contributed by atoms with E-state index >= 15 is 0 Å². The van der Waals surface area contributed by atoms with Crippen LogP contribution in [0.5, 0.6) is 0 Å². The minimum absolute atomic E-state index is 0.295. The van der Waals surface area contributed by atoms with E-state index < -0.39 is 19.4 Å². The van der Waals surface area contributed by atoms with Gasteiger partial charge in [-0.15, -0.1) is 0 Å². The van der Waals surface area contributed by atoms with Gasteiger partial charge in [0.15, 0.2) is 0 Å². The number of rotatable bonds is 5. The first kappa shape index (κ1) is 20.4. The molecule has 0 radical (unpaired) electrons. The summed E-state index contributed by atoms with van der Waals surface area (Å²) in [6.45, 7) is 11.3. The summed E-state index contributed by atoms with van der Waals surface area (Å²) in [6.07, 6.45) is 3.48. The Morgan fingerprint density at radius 3 is 2.31 bits per heavy atom. The van der Waals surface area contributed by atoms with Gasteiger partial charge in [-0.2, -0.15) is 0 Å². The van der Waals surface area contributed by atoms with Gasteiger partial charge in [-0.05, 0) is 0 Å². The maximum atomic E-state index is 6.63. The maximum absolute atomic E-state index is 6.63. The topological polar surface area (TPSA) is 0 Å². The Morgan fingerprint density at radius 1 is 1.00 bits per heavy atom. The molecule has 2 aromatic carbocycles. The van der Waals surface area contributed by atoms with Crippen molar-refractivity contribution in [2.45, 2.75) is 50.6 Å². The molecule has 0 nitrogen and oxygen atoms in total. The second-order valence-corrected chi connectivity index (χ2v) is 16.8. The molecule has 2 aromatic rings. The molecule has 0 aromatic heterocycles. The third-order valence-electron chi connectivity index (χ3n) is 5.21. The average Bonchev–Trinajstić information content (AvgIpc) is 2.91. The zero-order chi connectivity index (χ0) is 19.0. The third-order valence-corrected chi connectivity index (χ3v) is 10.5. The SMILES string of the molecule is Cc1ccc2c(c1-c1ccccc1C(C)C)C=C(CC(C)C)[CH]2[Zr]([Cl])[Cl]. The molecule has 1 unspecified atom stereocenters. The van der Waals surface area contributed by atoms with Crippen molar-refractivity contribution in [1.82, 2.24) is 0 Å². The first-order chi connectivity index (χ1) is 12.3. The Hall–Kier alpha value is -0.357. The van der Waals surface area contributed by atoms with Gasteiger partial charge in [-0.1, -0.05) is 0 Å². The molecule has 0 saturated heterocycles. The molecule has 1 aliphatic carbocycles. The van der Waals surface area contributed by atoms with Crippen LogP contribution in [-0.2, 0) is 19.4 Å². The second kappa shape index (κ2) is 8.34. The summed E-state index contributed by atoms with van der Waals surface area (Å²) in [5, 5.41) is 0. The monoisotopic (exact) mass is 463 g/mol. The zero-order valence-electron chi connectivity index (χ0n) is 16.2. The van der Waals surface area contributed by atoms with Crippen molar-refractivity contribution in [2.24, 2.45) is 5.92 Å². The first-order valence-electron chi connectivity index (χ1n) is 9.42. The molecule has 0 saturated carbocycles. The molecule has 3 heteroatoms. The molecular formula is C23H27Cl2Zr. The number of allylic oxidation sites excluding steroid dienone is 1. The van der Waals surface area contributed by atoms with Gasteiger partial charge in [0.05, 0.1) is 0 Å². The molecular weight excluding hydrogens is 438 g/mol. The van der Waals surface area contributed by atoms with Crippen molar-refractivity contribution < 1.29 is 19.4 Å². The fourth-order valence-corrected chi connectivity index (χ4v) is 9.54. The van der Waals surface area contributed by atoms with Crippen molar-refractivity contribution in [1.29, 1.82) is 0 Å². The fourth-order valence-electron chi connectivity index (χ4n) is 4.11. The van der Waals surface area contributed by atoms with Gasteiger partial charge in [0.1, 0.15) is 0 Å². The van der Waals surface area contributed by atoms with Crippen LogP contribution in [0.1, 0.15) is 65.9 Å². The number of fused-ring (bicyclic) bond motifs is 1. The number of benzene rings is 2. The van der Waals surface area contributed by atoms with Crippen LogP contribution in [0, 0.1) is 12.8 Å². The standard InChI is InChI=1S/C23H27.2ClH.Zr/c1-15(2)12-18-13-19-11-10-17(5)23(22(19)14-18)21-9-7-6-8-20(21)16(3)4;;;/h6-11,13-16H,12H2,1-5H3;2*1H;/q;;;+2/p-2. The van der Waals surface area contributed by atoms with Gasteiger partial charge < -0.3 is 0 Å². The van der Waals surface area contributed by atoms with Gasteiger partial charge in [0.2, 0.25) is 0 Å². The van der Waals surface area contributed by atoms with E-state index in [9.17, 15) is 0 Å². The Kier molecular flexibility index (Phi) is 6.54. The van der Waals surface area contributed by atoms with E-state index in [0.29, 0.717) is 15.5 Å². The van der Waals surface area contributed by atoms with Crippen molar-refractivity contribution in [2.75, 3.05) is 0 Å². The third kappa shape index (κ3) is 3.92. The molecule has 0 amide bonds. The van der Waals surface area contributed by atoms with Crippen LogP contribution in [0.3, 0.4) is 0 Å². The van der Waals surface area contributed by atoms with Crippen LogP contribution in [0.4, 0.5) is 0 Å². The predicted molar refractivity (Wildman–Crippen MR) is 113 cm³/mol. The molecule has 0 bridgehead atoms. The summed E-state index contributed by atoms with van der Waals surface area (Å²) in [7, 11) is 13.3. The van der Waals surface area contributed by atoms with Gasteiger partial charge >= 0.3 is 174 Å². The van der Waals surface area contributed by atoms with E-state index in [2.05, 4.69) is 77.1 Å². The van der Waals surface area contributed by atoms with E-state index in [4.69, 9.17) is 17.0 Å². The van der Waals surface area contributed by atoms with Crippen molar-refractivity contribution >= 4 is 23.1 Å². The van der Waals surface area contributed by atoms with E-state index in [1.807, 2.05) is 0 Å². The molecule has 0 N–H and O–H groups in total. The summed E-state index contributed by atoms with van der Waals surface area (Å²) < 4.78 is 0.295. The van der Waals surface area contributed by atoms with Crippen LogP contribution >= 0.6 is 17.0 Å². The second-order valence-electron chi connectivity index (χ2n) is 8.04. The van der Waals surface area contributed by atoms with E-state index in [1.54, 1.807) is 0 Å². The summed E-state index contributed by atoms with van der Waals surface area (Å²) in [6, 6.07) is 13.3. The number of aryl methyl sites for hydroxylation is 1. The average molecular weight is 466 g/mol. The van der Waals surface area contributed by atoms with Gasteiger partial charge in [0, 0.05) is 0 Å². The molecule has 0 heterocycles. The number of halogens is 2. The van der Waals surface area contributed by atoms with Crippen molar-refractivity contribution in [3.8, 4) is 11.1 Å². The molecule has 3 rings (SSSR count). The molecule has 0 aliphatic heterocycles. The quantitative estimate of drug-likeness (QED) is 0.417. The van der Waals surface area contributed by atoms with E-state index in [-0.39, 0.29) is 0 Å². The van der Waals surface area contributed by atoms with E-state index in [1.165, 1.54) is 39.0 Å². The Labute approximate surface area is 173 Å². The summed E-state index contributed by atoms with van der Waals surface area (Å²) >= 11 is -2.46. The van der Waals surface area contributed by atoms with Gasteiger partial charge in [0.25, 0.3) is 0 Å². The van der Waals surface area contributed by atoms with Crippen molar-refractivity contribution in [3.05, 3.63) is 64.2 Å². The van der Waals surface area contributed by atoms with Crippen LogP contribution in [0.15, 0.2) is 42.0 Å². The molecule has 1 atom stereocenters. The number of hydrogen-bond donors (Lipinski definition) is 0. The normalized spacial score (nSPS) is 16.2. The van der Waals surface area contributed by atoms with Gasteiger partial charge in [-0.25, -0.2) is 0 Å². The van der Waals surface area contributed by atoms with Gasteiger partial charge in [-0.3, -0.25) is 0 Å². The predicted octanol–water partition coefficient (Wildman–Crippen LogP) is 8.20. The van der Waals surface area contributed by atoms with Crippen LogP contribution in [0.2, 0.25) is 0 Å². The summed E-state index contributed by atoms with van der Waals surface area (Å²) in [5.74, 6) is 1.10. The molecule has 0 fully saturated rings. The molecule has 137 valence electrons. The first-order valence-corrected chi connectivity index (χ1v) is 17.2. The molecule has 0 spiro atoms. The minimum atomic E-state index is -2.46. The van der Waals surface area contributed by atoms with E-state index in [0.717, 1.165) is 6.42 Å². The van der Waals surface area contributed by atoms with Crippen LogP contribution in [0.25, 0.3) is 17.2 Å². The zero-order valence-corrected chi connectivity index (χ0v) is 20.2. The Bertz CT molecular complexity index is 834. The molecule has 1 aliphatic rings. The fraction of sp³-hybridized carbons (Fsp3) is 0.391. The molecule has 26 heavy (non-hydrogen) atoms. The number of hydrogen-bond acceptors (Lipinski definition) is 0. The summed E-state index contributed by atoms with van der Waals surface area (Å²) in [4.78, 5) is 0. The Balaban J connectivity index is 2.24.